The van der Waals surface area contributed by atoms with Gasteiger partial charge in [-0.05, 0) is 42.0 Å². The van der Waals surface area contributed by atoms with E-state index in [9.17, 15) is 9.59 Å². The molecule has 7 heteroatoms. The van der Waals surface area contributed by atoms with Crippen LogP contribution in [0.4, 0.5) is 5.69 Å². The van der Waals surface area contributed by atoms with Crippen molar-refractivity contribution >= 4 is 40.2 Å². The van der Waals surface area contributed by atoms with Crippen molar-refractivity contribution in [3.05, 3.63) is 57.9 Å². The van der Waals surface area contributed by atoms with Gasteiger partial charge >= 0.3 is 5.97 Å². The molecule has 5 nitrogen and oxygen atoms in total. The van der Waals surface area contributed by atoms with Crippen LogP contribution in [0.2, 0.25) is 0 Å². The number of rotatable bonds is 4. The van der Waals surface area contributed by atoms with E-state index in [-0.39, 0.29) is 18.3 Å². The summed E-state index contributed by atoms with van der Waals surface area (Å²) in [7, 11) is 1.38. The fourth-order valence-electron chi connectivity index (χ4n) is 3.34. The molecule has 0 aliphatic carbocycles. The summed E-state index contributed by atoms with van der Waals surface area (Å²) in [4.78, 5) is 32.5. The highest BCUT2D eigenvalue weighted by Crippen LogP contribution is 2.32. The molecule has 0 N–H and O–H groups in total. The Morgan fingerprint density at radius 2 is 2.11 bits per heavy atom. The van der Waals surface area contributed by atoms with Gasteiger partial charge in [-0.3, -0.25) is 4.79 Å². The van der Waals surface area contributed by atoms with E-state index in [0.29, 0.717) is 12.1 Å². The van der Waals surface area contributed by atoms with Gasteiger partial charge in [0, 0.05) is 17.6 Å². The number of nitrogens with zero attached hydrogens (tertiary/aromatic N) is 2. The maximum atomic E-state index is 13.0. The minimum absolute atomic E-state index is 0.000922. The van der Waals surface area contributed by atoms with Crippen molar-refractivity contribution in [1.82, 2.24) is 4.98 Å². The molecule has 4 rings (SSSR count). The molecule has 1 aliphatic heterocycles. The minimum Gasteiger partial charge on any atom is -0.465 e. The third-order valence-corrected chi connectivity index (χ3v) is 6.50. The predicted octanol–water partition coefficient (Wildman–Crippen LogP) is 4.18. The Labute approximate surface area is 165 Å². The molecule has 0 spiro atoms. The molecule has 0 atom stereocenters. The fourth-order valence-corrected chi connectivity index (χ4v) is 4.97. The molecular weight excluding hydrogens is 380 g/mol. The summed E-state index contributed by atoms with van der Waals surface area (Å²) in [6, 6.07) is 9.48. The van der Waals surface area contributed by atoms with Gasteiger partial charge in [-0.25, -0.2) is 9.78 Å². The second kappa shape index (κ2) is 7.62. The lowest BCUT2D eigenvalue weighted by atomic mass is 9.96. The summed E-state index contributed by atoms with van der Waals surface area (Å²) in [5, 5.41) is 4.91. The van der Waals surface area contributed by atoms with Crippen molar-refractivity contribution in [2.75, 3.05) is 18.6 Å². The first-order valence-corrected chi connectivity index (χ1v) is 10.4. The number of benzene rings is 1. The molecule has 1 aromatic carbocycles. The number of hydrogen-bond acceptors (Lipinski definition) is 6. The molecule has 27 heavy (non-hydrogen) atoms. The van der Waals surface area contributed by atoms with Crippen LogP contribution in [-0.4, -0.2) is 30.5 Å². The molecule has 138 valence electrons. The number of amides is 1. The van der Waals surface area contributed by atoms with Crippen molar-refractivity contribution < 1.29 is 14.3 Å². The monoisotopic (exact) mass is 398 g/mol. The van der Waals surface area contributed by atoms with Gasteiger partial charge in [-0.2, -0.15) is 0 Å². The minimum atomic E-state index is -0.360. The van der Waals surface area contributed by atoms with Crippen molar-refractivity contribution in [2.45, 2.75) is 19.3 Å². The molecule has 0 saturated heterocycles. The topological polar surface area (TPSA) is 59.5 Å². The number of fused-ring (bicyclic) bond motifs is 1. The maximum Gasteiger partial charge on any atom is 0.338 e. The number of carbonyl (C=O) groups excluding carboxylic acids is 2. The number of ether oxygens (including phenoxy) is 1. The highest BCUT2D eigenvalue weighted by Gasteiger charge is 2.26. The van der Waals surface area contributed by atoms with E-state index in [1.807, 2.05) is 29.0 Å². The zero-order valence-corrected chi connectivity index (χ0v) is 16.4. The van der Waals surface area contributed by atoms with E-state index in [0.717, 1.165) is 39.7 Å². The van der Waals surface area contributed by atoms with Crippen LogP contribution in [-0.2, 0) is 22.4 Å². The Kier molecular flexibility index (Phi) is 5.05. The van der Waals surface area contributed by atoms with Gasteiger partial charge < -0.3 is 9.64 Å². The van der Waals surface area contributed by atoms with Gasteiger partial charge in [0.15, 0.2) is 0 Å². The summed E-state index contributed by atoms with van der Waals surface area (Å²) in [5.74, 6) is -0.359. The molecule has 0 fully saturated rings. The largest absolute Gasteiger partial charge is 0.465 e. The van der Waals surface area contributed by atoms with E-state index in [4.69, 9.17) is 4.74 Å². The van der Waals surface area contributed by atoms with Crippen LogP contribution in [0.1, 0.15) is 28.0 Å². The molecule has 3 aromatic rings. The van der Waals surface area contributed by atoms with Crippen molar-refractivity contribution in [1.29, 1.82) is 0 Å². The van der Waals surface area contributed by atoms with E-state index in [1.54, 1.807) is 39.7 Å². The van der Waals surface area contributed by atoms with Gasteiger partial charge in [-0.1, -0.05) is 12.1 Å². The number of anilines is 1. The number of methoxy groups -OCH3 is 1. The quantitative estimate of drug-likeness (QED) is 0.619. The molecule has 0 unspecified atom stereocenters. The van der Waals surface area contributed by atoms with Crippen LogP contribution in [0.3, 0.4) is 0 Å². The summed E-state index contributed by atoms with van der Waals surface area (Å²) in [6.45, 7) is 0.651. The highest BCUT2D eigenvalue weighted by atomic mass is 32.1. The van der Waals surface area contributed by atoms with Gasteiger partial charge in [0.2, 0.25) is 5.91 Å². The number of esters is 1. The second-order valence-electron chi connectivity index (χ2n) is 6.24. The maximum absolute atomic E-state index is 13.0. The van der Waals surface area contributed by atoms with Gasteiger partial charge in [0.25, 0.3) is 0 Å². The normalized spacial score (nSPS) is 13.3. The third kappa shape index (κ3) is 3.52. The van der Waals surface area contributed by atoms with E-state index in [2.05, 4.69) is 4.98 Å². The predicted molar refractivity (Wildman–Crippen MR) is 108 cm³/mol. The molecule has 0 radical (unpaired) electrons. The summed E-state index contributed by atoms with van der Waals surface area (Å²) in [5.41, 5.74) is 3.02. The van der Waals surface area contributed by atoms with Crippen molar-refractivity contribution in [3.8, 4) is 9.88 Å². The Morgan fingerprint density at radius 3 is 2.89 bits per heavy atom. The molecule has 0 bridgehead atoms. The summed E-state index contributed by atoms with van der Waals surface area (Å²) in [6.07, 6.45) is 1.84. The first-order valence-electron chi connectivity index (χ1n) is 8.66. The highest BCUT2D eigenvalue weighted by molar-refractivity contribution is 7.20. The average Bonchev–Trinajstić information content (AvgIpc) is 3.38. The molecule has 2 aromatic heterocycles. The molecule has 1 aliphatic rings. The van der Waals surface area contributed by atoms with Gasteiger partial charge in [0.05, 0.1) is 29.7 Å². The zero-order valence-electron chi connectivity index (χ0n) is 14.8. The van der Waals surface area contributed by atoms with Crippen LogP contribution in [0, 0.1) is 0 Å². The van der Waals surface area contributed by atoms with Crippen LogP contribution >= 0.6 is 22.7 Å². The number of hydrogen-bond donors (Lipinski definition) is 0. The summed E-state index contributed by atoms with van der Waals surface area (Å²) >= 11 is 3.20. The van der Waals surface area contributed by atoms with Crippen LogP contribution in [0.5, 0.6) is 0 Å². The SMILES string of the molecule is COC(=O)c1cccc2c1CCCN2C(=O)Cc1csc(-c2cccs2)n1. The Bertz CT molecular complexity index is 979. The number of thiophene rings is 1. The molecule has 3 heterocycles. The van der Waals surface area contributed by atoms with Crippen molar-refractivity contribution in [2.24, 2.45) is 0 Å². The molecule has 1 amide bonds. The van der Waals surface area contributed by atoms with E-state index >= 15 is 0 Å². The van der Waals surface area contributed by atoms with Crippen LogP contribution < -0.4 is 4.90 Å². The smallest absolute Gasteiger partial charge is 0.338 e. The fraction of sp³-hybridized carbons (Fsp3) is 0.250. The lowest BCUT2D eigenvalue weighted by molar-refractivity contribution is -0.118. The van der Waals surface area contributed by atoms with Crippen LogP contribution in [0.15, 0.2) is 41.1 Å². The van der Waals surface area contributed by atoms with E-state index in [1.165, 1.54) is 7.11 Å². The second-order valence-corrected chi connectivity index (χ2v) is 8.05. The van der Waals surface area contributed by atoms with E-state index < -0.39 is 0 Å². The van der Waals surface area contributed by atoms with Gasteiger partial charge in [-0.15, -0.1) is 22.7 Å². The van der Waals surface area contributed by atoms with Crippen LogP contribution in [0.25, 0.3) is 9.88 Å². The third-order valence-electron chi connectivity index (χ3n) is 4.57. The Balaban J connectivity index is 1.57. The average molecular weight is 399 g/mol. The molecule has 0 saturated carbocycles. The number of aromatic nitrogens is 1. The first-order chi connectivity index (χ1) is 13.2. The Hall–Kier alpha value is -2.51. The number of thiazole rings is 1. The van der Waals surface area contributed by atoms with Crippen molar-refractivity contribution in [3.63, 3.8) is 0 Å². The number of carbonyl (C=O) groups is 2. The summed E-state index contributed by atoms with van der Waals surface area (Å²) < 4.78 is 4.88. The standard InChI is InChI=1S/C20H18N2O3S2/c1-25-20(24)15-5-2-7-16-14(15)6-3-9-22(16)18(23)11-13-12-27-19(21-13)17-8-4-10-26-17/h2,4-5,7-8,10,12H,3,6,9,11H2,1H3. The zero-order chi connectivity index (χ0) is 18.8. The lowest BCUT2D eigenvalue weighted by Crippen LogP contribution is -2.37. The lowest BCUT2D eigenvalue weighted by Gasteiger charge is -2.30. The molecular formula is C20H18N2O3S2. The Morgan fingerprint density at radius 1 is 1.22 bits per heavy atom. The first kappa shape index (κ1) is 17.9. The van der Waals surface area contributed by atoms with Gasteiger partial charge in [0.1, 0.15) is 5.01 Å².